The van der Waals surface area contributed by atoms with Gasteiger partial charge < -0.3 is 10.5 Å². The minimum atomic E-state index is -0.741. The molecule has 2 unspecified atom stereocenters. The molecule has 2 atom stereocenters. The maximum Gasteiger partial charge on any atom is 0.325 e. The second kappa shape index (κ2) is 4.74. The van der Waals surface area contributed by atoms with E-state index in [1.54, 1.807) is 0 Å². The number of esters is 1. The first-order valence-corrected chi connectivity index (χ1v) is 6.17. The number of hydrogen-bond donors (Lipinski definition) is 1. The van der Waals surface area contributed by atoms with Gasteiger partial charge in [-0.05, 0) is 37.0 Å². The molecule has 0 heterocycles. The van der Waals surface area contributed by atoms with Crippen LogP contribution in [0.2, 0.25) is 0 Å². The van der Waals surface area contributed by atoms with E-state index in [4.69, 9.17) is 10.5 Å². The Kier molecular flexibility index (Phi) is 4.00. The summed E-state index contributed by atoms with van der Waals surface area (Å²) in [5.74, 6) is 0.407. The summed E-state index contributed by atoms with van der Waals surface area (Å²) in [5.41, 5.74) is 5.71. The molecule has 0 radical (unpaired) electrons. The molecule has 0 amide bonds. The first-order chi connectivity index (χ1) is 7.29. The molecule has 1 fully saturated rings. The van der Waals surface area contributed by atoms with Crippen molar-refractivity contribution in [2.45, 2.75) is 58.4 Å². The molecule has 0 aromatic heterocycles. The maximum absolute atomic E-state index is 11.7. The van der Waals surface area contributed by atoms with E-state index in [1.807, 2.05) is 0 Å². The van der Waals surface area contributed by atoms with Crippen LogP contribution < -0.4 is 5.73 Å². The van der Waals surface area contributed by atoms with Crippen LogP contribution in [0.5, 0.6) is 0 Å². The summed E-state index contributed by atoms with van der Waals surface area (Å²) in [6, 6.07) is 0. The van der Waals surface area contributed by atoms with Crippen molar-refractivity contribution in [2.75, 3.05) is 7.11 Å². The summed E-state index contributed by atoms with van der Waals surface area (Å²) in [6.45, 7) is 6.79. The Hall–Kier alpha value is -0.570. The van der Waals surface area contributed by atoms with Crippen LogP contribution in [0.3, 0.4) is 0 Å². The molecule has 0 aromatic carbocycles. The van der Waals surface area contributed by atoms with Crippen molar-refractivity contribution in [3.8, 4) is 0 Å². The molecule has 1 rings (SSSR count). The van der Waals surface area contributed by atoms with Crippen molar-refractivity contribution < 1.29 is 9.53 Å². The van der Waals surface area contributed by atoms with E-state index in [-0.39, 0.29) is 5.97 Å². The molecular formula is C13H25NO2. The van der Waals surface area contributed by atoms with Crippen LogP contribution in [0.25, 0.3) is 0 Å². The number of hydrogen-bond acceptors (Lipinski definition) is 3. The smallest absolute Gasteiger partial charge is 0.325 e. The van der Waals surface area contributed by atoms with Gasteiger partial charge in [0.2, 0.25) is 0 Å². The van der Waals surface area contributed by atoms with Gasteiger partial charge in [0.1, 0.15) is 5.54 Å². The summed E-state index contributed by atoms with van der Waals surface area (Å²) in [7, 11) is 1.42. The van der Waals surface area contributed by atoms with E-state index >= 15 is 0 Å². The van der Waals surface area contributed by atoms with Crippen molar-refractivity contribution in [1.29, 1.82) is 0 Å². The SMILES string of the molecule is COC(=O)C1(N)CCCC(C(C)(C)C)CC1. The molecule has 0 spiro atoms. The predicted octanol–water partition coefficient (Wildman–Crippen LogP) is 2.48. The van der Waals surface area contributed by atoms with E-state index in [1.165, 1.54) is 13.5 Å². The highest BCUT2D eigenvalue weighted by molar-refractivity contribution is 5.80. The second-order valence-corrected chi connectivity index (χ2v) is 6.14. The number of carbonyl (C=O) groups is 1. The molecule has 3 nitrogen and oxygen atoms in total. The quantitative estimate of drug-likeness (QED) is 0.553. The molecule has 1 aliphatic carbocycles. The predicted molar refractivity (Wildman–Crippen MR) is 65.0 cm³/mol. The fourth-order valence-corrected chi connectivity index (χ4v) is 2.64. The third-order valence-corrected chi connectivity index (χ3v) is 3.93. The van der Waals surface area contributed by atoms with Crippen molar-refractivity contribution in [1.82, 2.24) is 0 Å². The molecular weight excluding hydrogens is 202 g/mol. The number of nitrogens with two attached hydrogens (primary N) is 1. The van der Waals surface area contributed by atoms with E-state index in [9.17, 15) is 4.79 Å². The lowest BCUT2D eigenvalue weighted by Gasteiger charge is -2.30. The van der Waals surface area contributed by atoms with Crippen LogP contribution in [0, 0.1) is 11.3 Å². The van der Waals surface area contributed by atoms with E-state index in [0.717, 1.165) is 25.7 Å². The highest BCUT2D eigenvalue weighted by Gasteiger charge is 2.39. The molecule has 1 aliphatic rings. The summed E-state index contributed by atoms with van der Waals surface area (Å²) in [4.78, 5) is 11.7. The highest BCUT2D eigenvalue weighted by Crippen LogP contribution is 2.39. The fourth-order valence-electron chi connectivity index (χ4n) is 2.64. The van der Waals surface area contributed by atoms with Gasteiger partial charge >= 0.3 is 5.97 Å². The molecule has 2 N–H and O–H groups in total. The van der Waals surface area contributed by atoms with E-state index in [0.29, 0.717) is 11.3 Å². The minimum absolute atomic E-state index is 0.248. The second-order valence-electron chi connectivity index (χ2n) is 6.14. The van der Waals surface area contributed by atoms with Gasteiger partial charge in [-0.15, -0.1) is 0 Å². The molecule has 0 saturated heterocycles. The summed E-state index contributed by atoms with van der Waals surface area (Å²) in [6.07, 6.45) is 4.72. The van der Waals surface area contributed by atoms with Gasteiger partial charge in [-0.2, -0.15) is 0 Å². The number of rotatable bonds is 1. The molecule has 1 saturated carbocycles. The zero-order chi connectivity index (χ0) is 12.4. The van der Waals surface area contributed by atoms with Crippen molar-refractivity contribution in [3.63, 3.8) is 0 Å². The Balaban J connectivity index is 2.69. The molecule has 3 heteroatoms. The zero-order valence-corrected chi connectivity index (χ0v) is 11.0. The van der Waals surface area contributed by atoms with Crippen LogP contribution >= 0.6 is 0 Å². The van der Waals surface area contributed by atoms with Crippen LogP contribution in [0.1, 0.15) is 52.9 Å². The van der Waals surface area contributed by atoms with Gasteiger partial charge in [0.25, 0.3) is 0 Å². The monoisotopic (exact) mass is 227 g/mol. The Morgan fingerprint density at radius 3 is 2.44 bits per heavy atom. The first kappa shape index (κ1) is 13.5. The van der Waals surface area contributed by atoms with Crippen LogP contribution in [-0.4, -0.2) is 18.6 Å². The van der Waals surface area contributed by atoms with E-state index in [2.05, 4.69) is 20.8 Å². The van der Waals surface area contributed by atoms with Crippen LogP contribution in [0.15, 0.2) is 0 Å². The lowest BCUT2D eigenvalue weighted by atomic mass is 9.76. The van der Waals surface area contributed by atoms with Crippen molar-refractivity contribution in [3.05, 3.63) is 0 Å². The molecule has 0 bridgehead atoms. The topological polar surface area (TPSA) is 52.3 Å². The average Bonchev–Trinajstić information content (AvgIpc) is 2.39. The Morgan fingerprint density at radius 2 is 1.94 bits per heavy atom. The largest absolute Gasteiger partial charge is 0.468 e. The van der Waals surface area contributed by atoms with Gasteiger partial charge in [-0.1, -0.05) is 27.2 Å². The van der Waals surface area contributed by atoms with E-state index < -0.39 is 5.54 Å². The Morgan fingerprint density at radius 1 is 1.31 bits per heavy atom. The average molecular weight is 227 g/mol. The molecule has 94 valence electrons. The zero-order valence-electron chi connectivity index (χ0n) is 11.0. The lowest BCUT2D eigenvalue weighted by Crippen LogP contribution is -2.48. The van der Waals surface area contributed by atoms with Crippen LogP contribution in [-0.2, 0) is 9.53 Å². The molecule has 16 heavy (non-hydrogen) atoms. The van der Waals surface area contributed by atoms with Crippen LogP contribution in [0.4, 0.5) is 0 Å². The normalized spacial score (nSPS) is 31.9. The summed E-state index contributed by atoms with van der Waals surface area (Å²) in [5, 5.41) is 0. The number of methoxy groups -OCH3 is 1. The minimum Gasteiger partial charge on any atom is -0.468 e. The van der Waals surface area contributed by atoms with Gasteiger partial charge in [0.05, 0.1) is 7.11 Å². The lowest BCUT2D eigenvalue weighted by molar-refractivity contribution is -0.147. The fraction of sp³-hybridized carbons (Fsp3) is 0.923. The summed E-state index contributed by atoms with van der Waals surface area (Å²) >= 11 is 0. The van der Waals surface area contributed by atoms with Gasteiger partial charge in [0.15, 0.2) is 0 Å². The Labute approximate surface area is 98.7 Å². The maximum atomic E-state index is 11.7. The third kappa shape index (κ3) is 2.97. The third-order valence-electron chi connectivity index (χ3n) is 3.93. The summed E-state index contributed by atoms with van der Waals surface area (Å²) < 4.78 is 4.81. The highest BCUT2D eigenvalue weighted by atomic mass is 16.5. The van der Waals surface area contributed by atoms with Gasteiger partial charge in [0, 0.05) is 0 Å². The first-order valence-electron chi connectivity index (χ1n) is 6.17. The van der Waals surface area contributed by atoms with Crippen molar-refractivity contribution in [2.24, 2.45) is 17.1 Å². The standard InChI is InChI=1S/C13H25NO2/c1-12(2,3)10-6-5-8-13(14,9-7-10)11(15)16-4/h10H,5-9,14H2,1-4H3. The number of carbonyl (C=O) groups excluding carboxylic acids is 1. The van der Waals surface area contributed by atoms with Gasteiger partial charge in [-0.25, -0.2) is 0 Å². The Bertz CT molecular complexity index is 257. The molecule has 0 aliphatic heterocycles. The van der Waals surface area contributed by atoms with Crippen molar-refractivity contribution >= 4 is 5.97 Å². The van der Waals surface area contributed by atoms with Gasteiger partial charge in [-0.3, -0.25) is 4.79 Å². The number of ether oxygens (including phenoxy) is 1. The molecule has 0 aromatic rings.